The fraction of sp³-hybridized carbons (Fsp3) is 0.588. The van der Waals surface area contributed by atoms with Gasteiger partial charge < -0.3 is 30.6 Å². The number of esters is 1. The van der Waals surface area contributed by atoms with Crippen molar-refractivity contribution in [1.82, 2.24) is 20.6 Å². The number of carboxylic acid groups (broad SMARTS) is 1. The third kappa shape index (κ3) is 8.16. The van der Waals surface area contributed by atoms with Crippen LogP contribution in [-0.2, 0) is 30.3 Å². The van der Waals surface area contributed by atoms with Crippen LogP contribution in [0.2, 0.25) is 0 Å². The number of aliphatic carboxylic acids is 1. The molecule has 1 heterocycles. The van der Waals surface area contributed by atoms with E-state index in [1.165, 1.54) is 19.4 Å². The van der Waals surface area contributed by atoms with Crippen molar-refractivity contribution in [2.24, 2.45) is 0 Å². The molecule has 0 saturated heterocycles. The topological polar surface area (TPSA) is 171 Å². The quantitative estimate of drug-likeness (QED) is 0.283. The van der Waals surface area contributed by atoms with E-state index in [1.54, 1.807) is 6.92 Å². The van der Waals surface area contributed by atoms with E-state index in [1.807, 2.05) is 0 Å². The zero-order valence-electron chi connectivity index (χ0n) is 15.8. The molecule has 156 valence electrons. The van der Waals surface area contributed by atoms with Gasteiger partial charge >= 0.3 is 11.9 Å². The van der Waals surface area contributed by atoms with Gasteiger partial charge in [0.15, 0.2) is 6.04 Å². The van der Waals surface area contributed by atoms with E-state index in [9.17, 15) is 24.3 Å². The van der Waals surface area contributed by atoms with Crippen LogP contribution in [0.3, 0.4) is 0 Å². The highest BCUT2D eigenvalue weighted by Gasteiger charge is 2.31. The highest BCUT2D eigenvalue weighted by Crippen LogP contribution is 2.04. The number of carbonyl (C=O) groups excluding carboxylic acids is 3. The predicted molar refractivity (Wildman–Crippen MR) is 96.0 cm³/mol. The van der Waals surface area contributed by atoms with Crippen LogP contribution >= 0.6 is 0 Å². The number of carboxylic acids is 1. The van der Waals surface area contributed by atoms with Gasteiger partial charge in [-0.15, -0.1) is 0 Å². The number of aromatic amines is 1. The lowest BCUT2D eigenvalue weighted by Crippen LogP contribution is -2.55. The van der Waals surface area contributed by atoms with Gasteiger partial charge in [0.2, 0.25) is 11.8 Å². The Bertz CT molecular complexity index is 660. The molecule has 0 bridgehead atoms. The molecule has 0 spiro atoms. The molecule has 0 aliphatic heterocycles. The molecule has 11 nitrogen and oxygen atoms in total. The van der Waals surface area contributed by atoms with Gasteiger partial charge in [-0.2, -0.15) is 0 Å². The molecule has 0 saturated carbocycles. The number of aromatic nitrogens is 2. The molecule has 1 rings (SSSR count). The van der Waals surface area contributed by atoms with E-state index in [0.29, 0.717) is 5.69 Å². The molecule has 3 unspecified atom stereocenters. The summed E-state index contributed by atoms with van der Waals surface area (Å²) in [5, 5.41) is 23.3. The summed E-state index contributed by atoms with van der Waals surface area (Å²) in [6.45, 7) is 3.00. The van der Waals surface area contributed by atoms with Crippen molar-refractivity contribution >= 4 is 23.8 Å². The number of aliphatic hydroxyl groups is 1. The highest BCUT2D eigenvalue weighted by molar-refractivity contribution is 5.91. The molecule has 1 aromatic rings. The summed E-state index contributed by atoms with van der Waals surface area (Å²) in [7, 11) is 0. The minimum atomic E-state index is -1.29. The molecule has 11 heteroatoms. The molecule has 0 aliphatic carbocycles. The SMILES string of the molecule is CCOC(=O)C(NC(=O)C(Cc1cnc[nH]1)NC(=O)CCCC(=O)O)C(C)O. The number of rotatable bonds is 12. The Hall–Kier alpha value is -2.95. The van der Waals surface area contributed by atoms with Crippen molar-refractivity contribution in [3.05, 3.63) is 18.2 Å². The van der Waals surface area contributed by atoms with Gasteiger partial charge in [-0.1, -0.05) is 0 Å². The van der Waals surface area contributed by atoms with Crippen molar-refractivity contribution in [3.8, 4) is 0 Å². The minimum absolute atomic E-state index is 0.0614. The highest BCUT2D eigenvalue weighted by atomic mass is 16.5. The van der Waals surface area contributed by atoms with Crippen LogP contribution in [0.15, 0.2) is 12.5 Å². The number of carbonyl (C=O) groups is 4. The lowest BCUT2D eigenvalue weighted by molar-refractivity contribution is -0.150. The van der Waals surface area contributed by atoms with E-state index in [2.05, 4.69) is 20.6 Å². The second-order valence-corrected chi connectivity index (χ2v) is 6.13. The number of H-pyrrole nitrogens is 1. The standard InChI is InChI=1S/C17H26N4O7/c1-3-28-17(27)15(10(2)22)21-16(26)12(7-11-8-18-9-19-11)20-13(23)5-4-6-14(24)25/h8-10,12,15,22H,3-7H2,1-2H3,(H,18,19)(H,20,23)(H,21,26)(H,24,25). The fourth-order valence-corrected chi connectivity index (χ4v) is 2.35. The van der Waals surface area contributed by atoms with E-state index in [4.69, 9.17) is 9.84 Å². The second kappa shape index (κ2) is 11.7. The lowest BCUT2D eigenvalue weighted by Gasteiger charge is -2.23. The Morgan fingerprint density at radius 1 is 1.25 bits per heavy atom. The zero-order valence-corrected chi connectivity index (χ0v) is 15.8. The van der Waals surface area contributed by atoms with Crippen LogP contribution in [0.5, 0.6) is 0 Å². The van der Waals surface area contributed by atoms with Gasteiger partial charge in [-0.3, -0.25) is 14.4 Å². The van der Waals surface area contributed by atoms with Crippen LogP contribution in [-0.4, -0.2) is 68.7 Å². The number of ether oxygens (including phenoxy) is 1. The summed E-state index contributed by atoms with van der Waals surface area (Å²) < 4.78 is 4.84. The molecule has 3 atom stereocenters. The molecular weight excluding hydrogens is 372 g/mol. The maximum Gasteiger partial charge on any atom is 0.331 e. The smallest absolute Gasteiger partial charge is 0.331 e. The average molecular weight is 398 g/mol. The Balaban J connectivity index is 2.81. The first-order valence-electron chi connectivity index (χ1n) is 8.88. The van der Waals surface area contributed by atoms with Crippen molar-refractivity contribution in [2.75, 3.05) is 6.61 Å². The van der Waals surface area contributed by atoms with Gasteiger partial charge in [0.25, 0.3) is 0 Å². The molecule has 5 N–H and O–H groups in total. The summed E-state index contributed by atoms with van der Waals surface area (Å²) >= 11 is 0. The Morgan fingerprint density at radius 3 is 2.50 bits per heavy atom. The number of aliphatic hydroxyl groups excluding tert-OH is 1. The maximum absolute atomic E-state index is 12.6. The zero-order chi connectivity index (χ0) is 21.1. The molecule has 28 heavy (non-hydrogen) atoms. The average Bonchev–Trinajstić information content (AvgIpc) is 3.11. The molecule has 0 aliphatic rings. The number of imidazole rings is 1. The monoisotopic (exact) mass is 398 g/mol. The van der Waals surface area contributed by atoms with Crippen LogP contribution in [0.25, 0.3) is 0 Å². The molecule has 1 aromatic heterocycles. The number of amides is 2. The summed E-state index contributed by atoms with van der Waals surface area (Å²) in [4.78, 5) is 53.8. The Morgan fingerprint density at radius 2 is 1.96 bits per heavy atom. The second-order valence-electron chi connectivity index (χ2n) is 6.13. The van der Waals surface area contributed by atoms with Crippen LogP contribution in [0.4, 0.5) is 0 Å². The molecule has 0 radical (unpaired) electrons. The minimum Gasteiger partial charge on any atom is -0.481 e. The first-order chi connectivity index (χ1) is 13.2. The Labute approximate surface area is 161 Å². The third-order valence-electron chi connectivity index (χ3n) is 3.75. The normalized spacial score (nSPS) is 13.8. The van der Waals surface area contributed by atoms with Crippen LogP contribution in [0, 0.1) is 0 Å². The lowest BCUT2D eigenvalue weighted by atomic mass is 10.1. The maximum atomic E-state index is 12.6. The number of nitrogens with one attached hydrogen (secondary N) is 3. The van der Waals surface area contributed by atoms with Gasteiger partial charge in [-0.25, -0.2) is 9.78 Å². The van der Waals surface area contributed by atoms with Crippen molar-refractivity contribution in [1.29, 1.82) is 0 Å². The number of hydrogen-bond acceptors (Lipinski definition) is 7. The number of hydrogen-bond donors (Lipinski definition) is 5. The summed E-state index contributed by atoms with van der Waals surface area (Å²) in [5.41, 5.74) is 0.565. The first kappa shape index (κ1) is 23.1. The van der Waals surface area contributed by atoms with Crippen LogP contribution < -0.4 is 10.6 Å². The van der Waals surface area contributed by atoms with Crippen molar-refractivity contribution < 1.29 is 34.1 Å². The third-order valence-corrected chi connectivity index (χ3v) is 3.75. The molecule has 0 aromatic carbocycles. The molecular formula is C17H26N4O7. The summed E-state index contributed by atoms with van der Waals surface area (Å²) in [5.74, 6) is -3.02. The van der Waals surface area contributed by atoms with E-state index >= 15 is 0 Å². The van der Waals surface area contributed by atoms with E-state index in [0.717, 1.165) is 0 Å². The van der Waals surface area contributed by atoms with E-state index in [-0.39, 0.29) is 32.3 Å². The van der Waals surface area contributed by atoms with E-state index < -0.39 is 41.9 Å². The first-order valence-corrected chi connectivity index (χ1v) is 8.88. The van der Waals surface area contributed by atoms with Gasteiger partial charge in [-0.05, 0) is 20.3 Å². The van der Waals surface area contributed by atoms with Gasteiger partial charge in [0, 0.05) is 31.2 Å². The predicted octanol–water partition coefficient (Wildman–Crippen LogP) is -0.879. The van der Waals surface area contributed by atoms with Gasteiger partial charge in [0.05, 0.1) is 19.0 Å². The largest absolute Gasteiger partial charge is 0.481 e. The van der Waals surface area contributed by atoms with Gasteiger partial charge in [0.1, 0.15) is 6.04 Å². The summed E-state index contributed by atoms with van der Waals surface area (Å²) in [6, 6.07) is -2.35. The molecule has 2 amide bonds. The Kier molecular flexibility index (Phi) is 9.65. The molecule has 0 fully saturated rings. The summed E-state index contributed by atoms with van der Waals surface area (Å²) in [6.07, 6.45) is 1.63. The van der Waals surface area contributed by atoms with Crippen LogP contribution in [0.1, 0.15) is 38.8 Å². The van der Waals surface area contributed by atoms with Crippen molar-refractivity contribution in [2.45, 2.75) is 57.7 Å². The number of nitrogens with zero attached hydrogens (tertiary/aromatic N) is 1. The fourth-order valence-electron chi connectivity index (χ4n) is 2.35. The van der Waals surface area contributed by atoms with Crippen molar-refractivity contribution in [3.63, 3.8) is 0 Å².